The first-order chi connectivity index (χ1) is 4.72. The zero-order valence-electron chi connectivity index (χ0n) is 6.15. The van der Waals surface area contributed by atoms with Crippen molar-refractivity contribution >= 4 is 5.96 Å². The van der Waals surface area contributed by atoms with E-state index < -0.39 is 0 Å². The molecule has 0 aliphatic heterocycles. The van der Waals surface area contributed by atoms with Crippen LogP contribution in [0.3, 0.4) is 0 Å². The highest BCUT2D eigenvalue weighted by molar-refractivity contribution is 5.76. The fourth-order valence-electron chi connectivity index (χ4n) is 1.06. The fourth-order valence-corrected chi connectivity index (χ4v) is 1.06. The molecule has 10 heavy (non-hydrogen) atoms. The van der Waals surface area contributed by atoms with Crippen LogP contribution in [0.4, 0.5) is 0 Å². The molecule has 1 aliphatic carbocycles. The summed E-state index contributed by atoms with van der Waals surface area (Å²) in [5.74, 6) is 0.386. The lowest BCUT2D eigenvalue weighted by atomic mass is 9.88. The lowest BCUT2D eigenvalue weighted by molar-refractivity contribution is 0.323. The van der Waals surface area contributed by atoms with Crippen LogP contribution in [-0.2, 0) is 0 Å². The molecule has 4 nitrogen and oxygen atoms in total. The molecule has 0 aromatic carbocycles. The standard InChI is InChI=1S/C6H14N4/c1-9-6(8)10-5-2-4(7)3-5/h4-5H,2-3,7H2,1H3,(H3,8,9,10)/t4-,5-. The van der Waals surface area contributed by atoms with Crippen molar-refractivity contribution in [2.75, 3.05) is 7.05 Å². The van der Waals surface area contributed by atoms with E-state index in [4.69, 9.17) is 11.1 Å². The average Bonchev–Trinajstić information content (AvgIpc) is 1.84. The first kappa shape index (κ1) is 7.34. The molecule has 1 saturated carbocycles. The molecule has 0 saturated heterocycles. The van der Waals surface area contributed by atoms with Crippen LogP contribution in [0, 0.1) is 5.41 Å². The minimum atomic E-state index is 0.349. The second kappa shape index (κ2) is 2.88. The number of nitrogens with two attached hydrogens (primary N) is 1. The Morgan fingerprint density at radius 3 is 2.60 bits per heavy atom. The molecular formula is C6H14N4. The molecule has 0 spiro atoms. The number of hydrogen-bond acceptors (Lipinski definition) is 2. The summed E-state index contributed by atoms with van der Waals surface area (Å²) in [7, 11) is 1.73. The molecule has 0 radical (unpaired) electrons. The Morgan fingerprint density at radius 1 is 1.60 bits per heavy atom. The van der Waals surface area contributed by atoms with Gasteiger partial charge in [-0.05, 0) is 12.8 Å². The summed E-state index contributed by atoms with van der Waals surface area (Å²) in [4.78, 5) is 0. The van der Waals surface area contributed by atoms with Gasteiger partial charge < -0.3 is 16.4 Å². The van der Waals surface area contributed by atoms with Gasteiger partial charge >= 0.3 is 0 Å². The summed E-state index contributed by atoms with van der Waals surface area (Å²) in [6, 6.07) is 0.775. The summed E-state index contributed by atoms with van der Waals surface area (Å²) in [5, 5.41) is 12.9. The van der Waals surface area contributed by atoms with Crippen molar-refractivity contribution in [1.82, 2.24) is 10.6 Å². The Bertz CT molecular complexity index is 128. The Kier molecular flexibility index (Phi) is 2.11. The lowest BCUT2D eigenvalue weighted by Gasteiger charge is -2.33. The van der Waals surface area contributed by atoms with Crippen LogP contribution in [0.2, 0.25) is 0 Å². The van der Waals surface area contributed by atoms with Gasteiger partial charge in [-0.3, -0.25) is 5.41 Å². The van der Waals surface area contributed by atoms with E-state index >= 15 is 0 Å². The second-order valence-electron chi connectivity index (χ2n) is 2.70. The zero-order chi connectivity index (χ0) is 7.56. The van der Waals surface area contributed by atoms with Crippen molar-refractivity contribution in [3.63, 3.8) is 0 Å². The molecule has 0 heterocycles. The second-order valence-corrected chi connectivity index (χ2v) is 2.70. The molecule has 5 N–H and O–H groups in total. The molecule has 0 unspecified atom stereocenters. The van der Waals surface area contributed by atoms with Gasteiger partial charge in [0.25, 0.3) is 0 Å². The normalized spacial score (nSPS) is 30.6. The van der Waals surface area contributed by atoms with Gasteiger partial charge in [-0.25, -0.2) is 0 Å². The van der Waals surface area contributed by atoms with Gasteiger partial charge in [0, 0.05) is 19.1 Å². The molecule has 4 heteroatoms. The summed E-state index contributed by atoms with van der Waals surface area (Å²) >= 11 is 0. The summed E-state index contributed by atoms with van der Waals surface area (Å²) in [6.45, 7) is 0. The third kappa shape index (κ3) is 1.60. The summed E-state index contributed by atoms with van der Waals surface area (Å²) < 4.78 is 0. The molecule has 1 aliphatic rings. The van der Waals surface area contributed by atoms with Crippen molar-refractivity contribution in [1.29, 1.82) is 5.41 Å². The third-order valence-electron chi connectivity index (χ3n) is 1.77. The van der Waals surface area contributed by atoms with E-state index in [0.29, 0.717) is 18.0 Å². The number of hydrogen-bond donors (Lipinski definition) is 4. The van der Waals surface area contributed by atoms with Crippen LogP contribution in [0.5, 0.6) is 0 Å². The molecule has 0 aromatic rings. The Labute approximate surface area is 60.7 Å². The SMILES string of the molecule is CNC(=N)N[C@H]1C[C@H](N)C1. The Hall–Kier alpha value is -0.770. The monoisotopic (exact) mass is 142 g/mol. The van der Waals surface area contributed by atoms with E-state index in [1.54, 1.807) is 7.05 Å². The topological polar surface area (TPSA) is 73.9 Å². The number of nitrogens with one attached hydrogen (secondary N) is 3. The van der Waals surface area contributed by atoms with E-state index in [0.717, 1.165) is 12.8 Å². The van der Waals surface area contributed by atoms with E-state index in [9.17, 15) is 0 Å². The molecule has 0 amide bonds. The maximum Gasteiger partial charge on any atom is 0.188 e. The van der Waals surface area contributed by atoms with Crippen LogP contribution in [0.15, 0.2) is 0 Å². The van der Waals surface area contributed by atoms with E-state index in [1.807, 2.05) is 0 Å². The molecule has 1 rings (SSSR count). The van der Waals surface area contributed by atoms with Crippen molar-refractivity contribution in [2.45, 2.75) is 24.9 Å². The van der Waals surface area contributed by atoms with Crippen molar-refractivity contribution in [2.24, 2.45) is 5.73 Å². The molecular weight excluding hydrogens is 128 g/mol. The van der Waals surface area contributed by atoms with Crippen LogP contribution < -0.4 is 16.4 Å². The molecule has 0 atom stereocenters. The van der Waals surface area contributed by atoms with E-state index in [1.165, 1.54) is 0 Å². The highest BCUT2D eigenvalue weighted by atomic mass is 15.1. The van der Waals surface area contributed by atoms with Crippen LogP contribution in [-0.4, -0.2) is 25.1 Å². The predicted molar refractivity (Wildman–Crippen MR) is 40.9 cm³/mol. The lowest BCUT2D eigenvalue weighted by Crippen LogP contribution is -2.52. The molecule has 58 valence electrons. The van der Waals surface area contributed by atoms with Gasteiger partial charge in [-0.15, -0.1) is 0 Å². The van der Waals surface area contributed by atoms with Crippen molar-refractivity contribution in [3.8, 4) is 0 Å². The quantitative estimate of drug-likeness (QED) is 0.286. The fraction of sp³-hybridized carbons (Fsp3) is 0.833. The van der Waals surface area contributed by atoms with Gasteiger partial charge in [0.05, 0.1) is 0 Å². The minimum Gasteiger partial charge on any atom is -0.360 e. The predicted octanol–water partition coefficient (Wildman–Crippen LogP) is -0.780. The van der Waals surface area contributed by atoms with Gasteiger partial charge in [-0.2, -0.15) is 0 Å². The van der Waals surface area contributed by atoms with Crippen LogP contribution >= 0.6 is 0 Å². The third-order valence-corrected chi connectivity index (χ3v) is 1.77. The number of rotatable bonds is 1. The van der Waals surface area contributed by atoms with Crippen molar-refractivity contribution in [3.05, 3.63) is 0 Å². The van der Waals surface area contributed by atoms with E-state index in [2.05, 4.69) is 10.6 Å². The maximum absolute atomic E-state index is 7.21. The first-order valence-electron chi connectivity index (χ1n) is 3.51. The van der Waals surface area contributed by atoms with Crippen LogP contribution in [0.25, 0.3) is 0 Å². The smallest absolute Gasteiger partial charge is 0.188 e. The number of guanidine groups is 1. The Morgan fingerprint density at radius 2 is 2.20 bits per heavy atom. The molecule has 0 bridgehead atoms. The van der Waals surface area contributed by atoms with E-state index in [-0.39, 0.29) is 0 Å². The van der Waals surface area contributed by atoms with Gasteiger partial charge in [0.2, 0.25) is 0 Å². The summed E-state index contributed by atoms with van der Waals surface area (Å²) in [6.07, 6.45) is 1.98. The largest absolute Gasteiger partial charge is 0.360 e. The minimum absolute atomic E-state index is 0.349. The van der Waals surface area contributed by atoms with Gasteiger partial charge in [0.1, 0.15) is 0 Å². The average molecular weight is 142 g/mol. The molecule has 0 aromatic heterocycles. The Balaban J connectivity index is 2.10. The van der Waals surface area contributed by atoms with Crippen LogP contribution in [0.1, 0.15) is 12.8 Å². The maximum atomic E-state index is 7.21. The summed E-state index contributed by atoms with van der Waals surface area (Å²) in [5.41, 5.74) is 5.56. The van der Waals surface area contributed by atoms with Crippen molar-refractivity contribution < 1.29 is 0 Å². The molecule has 1 fully saturated rings. The van der Waals surface area contributed by atoms with Gasteiger partial charge in [-0.1, -0.05) is 0 Å². The first-order valence-corrected chi connectivity index (χ1v) is 3.51. The zero-order valence-corrected chi connectivity index (χ0v) is 6.15. The highest BCUT2D eigenvalue weighted by Crippen LogP contribution is 2.16. The van der Waals surface area contributed by atoms with Gasteiger partial charge in [0.15, 0.2) is 5.96 Å². The highest BCUT2D eigenvalue weighted by Gasteiger charge is 2.25.